The Balaban J connectivity index is 1.94. The molecule has 0 amide bonds. The molecule has 1 aromatic heterocycles. The van der Waals surface area contributed by atoms with Crippen LogP contribution in [0, 0.1) is 6.92 Å². The Labute approximate surface area is 254 Å². The van der Waals surface area contributed by atoms with E-state index in [1.165, 1.54) is 24.9 Å². The van der Waals surface area contributed by atoms with Crippen LogP contribution in [-0.2, 0) is 4.79 Å². The Morgan fingerprint density at radius 1 is 1.05 bits per heavy atom. The van der Waals surface area contributed by atoms with Crippen molar-refractivity contribution in [1.29, 1.82) is 0 Å². The molecule has 11 heteroatoms. The molecule has 0 bridgehead atoms. The van der Waals surface area contributed by atoms with E-state index in [9.17, 15) is 14.7 Å². The fourth-order valence-electron chi connectivity index (χ4n) is 4.28. The van der Waals surface area contributed by atoms with Crippen molar-refractivity contribution in [3.05, 3.63) is 78.5 Å². The third-order valence-electron chi connectivity index (χ3n) is 6.52. The lowest BCUT2D eigenvalue weighted by molar-refractivity contribution is -0.144. The number of aromatic nitrogens is 2. The van der Waals surface area contributed by atoms with E-state index in [0.717, 1.165) is 22.4 Å². The van der Waals surface area contributed by atoms with E-state index in [1.54, 1.807) is 31.4 Å². The van der Waals surface area contributed by atoms with E-state index in [2.05, 4.69) is 50.8 Å². The summed E-state index contributed by atoms with van der Waals surface area (Å²) < 4.78 is 19.0. The molecule has 1 N–H and O–H groups in total. The van der Waals surface area contributed by atoms with Crippen LogP contribution < -0.4 is 19.8 Å². The zero-order valence-corrected chi connectivity index (χ0v) is 26.5. The fraction of sp³-hybridized carbons (Fsp3) is 0.267. The third kappa shape index (κ3) is 6.01. The van der Waals surface area contributed by atoms with Crippen molar-refractivity contribution >= 4 is 54.9 Å². The highest BCUT2D eigenvalue weighted by molar-refractivity contribution is 9.13. The average molecular weight is 687 g/mol. The van der Waals surface area contributed by atoms with Crippen molar-refractivity contribution in [1.82, 2.24) is 9.66 Å². The third-order valence-corrected chi connectivity index (χ3v) is 8.67. The van der Waals surface area contributed by atoms with Gasteiger partial charge < -0.3 is 19.3 Å². The highest BCUT2D eigenvalue weighted by atomic mass is 79.9. The first-order valence-electron chi connectivity index (χ1n) is 12.7. The molecule has 0 spiro atoms. The summed E-state index contributed by atoms with van der Waals surface area (Å²) in [5.74, 6) is 0.687. The summed E-state index contributed by atoms with van der Waals surface area (Å²) in [6, 6.07) is 12.7. The standard InChI is InChI=1S/C30H29Br2N3O6/c1-15(2)20-13-21(16(3)11-23(20)39-5)28-34-22-10-8-7-9-19(22)29(36)35(28)33-14-18-12-24(40-6)27(26(32)25(18)31)41-17(4)30(37)38/h7-15,17H,1-6H3,(H,37,38)/t17-/m1/s1. The van der Waals surface area contributed by atoms with E-state index >= 15 is 0 Å². The largest absolute Gasteiger partial charge is 0.496 e. The van der Waals surface area contributed by atoms with E-state index in [1.807, 2.05) is 25.1 Å². The number of aliphatic carboxylic acids is 1. The summed E-state index contributed by atoms with van der Waals surface area (Å²) in [6.07, 6.45) is 0.394. The molecule has 0 saturated carbocycles. The normalized spacial score (nSPS) is 12.2. The second kappa shape index (κ2) is 12.4. The molecular formula is C30H29Br2N3O6. The summed E-state index contributed by atoms with van der Waals surface area (Å²) in [6.45, 7) is 7.50. The molecule has 9 nitrogen and oxygen atoms in total. The first kappa shape index (κ1) is 30.3. The van der Waals surface area contributed by atoms with Crippen LogP contribution in [0.15, 0.2) is 61.3 Å². The summed E-state index contributed by atoms with van der Waals surface area (Å²) in [5.41, 5.74) is 3.37. The number of ether oxygens (including phenoxy) is 3. The molecule has 0 aliphatic rings. The van der Waals surface area contributed by atoms with Gasteiger partial charge in [0.15, 0.2) is 23.4 Å². The van der Waals surface area contributed by atoms with Gasteiger partial charge in [-0.15, -0.1) is 0 Å². The van der Waals surface area contributed by atoms with Gasteiger partial charge in [0.2, 0.25) is 0 Å². The van der Waals surface area contributed by atoms with Gasteiger partial charge in [0.25, 0.3) is 5.56 Å². The average Bonchev–Trinajstić information content (AvgIpc) is 2.95. The molecule has 1 atom stereocenters. The van der Waals surface area contributed by atoms with E-state index in [0.29, 0.717) is 31.2 Å². The molecule has 0 unspecified atom stereocenters. The number of nitrogens with zero attached hydrogens (tertiary/aromatic N) is 3. The fourth-order valence-corrected chi connectivity index (χ4v) is 5.19. The van der Waals surface area contributed by atoms with Crippen LogP contribution in [0.25, 0.3) is 22.3 Å². The minimum Gasteiger partial charge on any atom is -0.496 e. The van der Waals surface area contributed by atoms with Gasteiger partial charge in [-0.1, -0.05) is 26.0 Å². The van der Waals surface area contributed by atoms with Gasteiger partial charge in [0.05, 0.1) is 35.8 Å². The number of halogens is 2. The summed E-state index contributed by atoms with van der Waals surface area (Å²) >= 11 is 7.00. The molecule has 214 valence electrons. The van der Waals surface area contributed by atoms with E-state index in [4.69, 9.17) is 19.2 Å². The highest BCUT2D eigenvalue weighted by Crippen LogP contribution is 2.43. The zero-order valence-electron chi connectivity index (χ0n) is 23.4. The van der Waals surface area contributed by atoms with Gasteiger partial charge in [-0.2, -0.15) is 9.78 Å². The topological polar surface area (TPSA) is 112 Å². The molecule has 0 radical (unpaired) electrons. The molecule has 0 fully saturated rings. The Hall–Kier alpha value is -3.70. The van der Waals surface area contributed by atoms with Crippen LogP contribution in [0.3, 0.4) is 0 Å². The number of rotatable bonds is 9. The van der Waals surface area contributed by atoms with Crippen molar-refractivity contribution in [3.8, 4) is 28.6 Å². The van der Waals surface area contributed by atoms with Crippen molar-refractivity contribution in [2.45, 2.75) is 39.7 Å². The van der Waals surface area contributed by atoms with Crippen LogP contribution in [-0.4, -0.2) is 47.3 Å². The number of hydrogen-bond donors (Lipinski definition) is 1. The number of benzene rings is 3. The Morgan fingerprint density at radius 2 is 1.73 bits per heavy atom. The maximum atomic E-state index is 13.8. The summed E-state index contributed by atoms with van der Waals surface area (Å²) in [4.78, 5) is 30.0. The number of aryl methyl sites for hydroxylation is 1. The lowest BCUT2D eigenvalue weighted by Gasteiger charge is -2.18. The minimum atomic E-state index is -1.12. The van der Waals surface area contributed by atoms with E-state index in [-0.39, 0.29) is 23.0 Å². The van der Waals surface area contributed by atoms with Crippen LogP contribution in [0.5, 0.6) is 17.2 Å². The van der Waals surface area contributed by atoms with Gasteiger partial charge in [-0.05, 0) is 93.1 Å². The zero-order chi connectivity index (χ0) is 30.0. The summed E-state index contributed by atoms with van der Waals surface area (Å²) in [7, 11) is 3.08. The van der Waals surface area contributed by atoms with Gasteiger partial charge in [-0.3, -0.25) is 4.79 Å². The van der Waals surface area contributed by atoms with Crippen LogP contribution in [0.1, 0.15) is 43.4 Å². The Morgan fingerprint density at radius 3 is 2.37 bits per heavy atom. The van der Waals surface area contributed by atoms with Crippen LogP contribution in [0.2, 0.25) is 0 Å². The minimum absolute atomic E-state index is 0.166. The smallest absolute Gasteiger partial charge is 0.344 e. The first-order valence-corrected chi connectivity index (χ1v) is 14.3. The maximum absolute atomic E-state index is 13.8. The molecule has 0 aliphatic heterocycles. The molecule has 1 heterocycles. The predicted molar refractivity (Wildman–Crippen MR) is 166 cm³/mol. The first-order chi connectivity index (χ1) is 19.5. The lowest BCUT2D eigenvalue weighted by Crippen LogP contribution is -2.23. The predicted octanol–water partition coefficient (Wildman–Crippen LogP) is 6.77. The molecule has 4 rings (SSSR count). The Kier molecular flexibility index (Phi) is 9.18. The molecule has 41 heavy (non-hydrogen) atoms. The number of para-hydroxylation sites is 1. The number of carboxylic acids is 1. The molecule has 0 aliphatic carbocycles. The molecule has 3 aromatic carbocycles. The van der Waals surface area contributed by atoms with Gasteiger partial charge >= 0.3 is 5.97 Å². The molecule has 4 aromatic rings. The number of hydrogen-bond acceptors (Lipinski definition) is 7. The number of carboxylic acid groups (broad SMARTS) is 1. The van der Waals surface area contributed by atoms with Crippen molar-refractivity contribution < 1.29 is 24.1 Å². The second-order valence-electron chi connectivity index (χ2n) is 9.60. The number of carbonyl (C=O) groups is 1. The monoisotopic (exact) mass is 685 g/mol. The second-order valence-corrected chi connectivity index (χ2v) is 11.2. The maximum Gasteiger partial charge on any atom is 0.344 e. The van der Waals surface area contributed by atoms with Gasteiger partial charge in [-0.25, -0.2) is 9.78 Å². The summed E-state index contributed by atoms with van der Waals surface area (Å²) in [5, 5.41) is 14.3. The highest BCUT2D eigenvalue weighted by Gasteiger charge is 2.22. The van der Waals surface area contributed by atoms with E-state index < -0.39 is 12.1 Å². The Bertz CT molecular complexity index is 1730. The van der Waals surface area contributed by atoms with Gasteiger partial charge in [0.1, 0.15) is 5.75 Å². The van der Waals surface area contributed by atoms with Gasteiger partial charge in [0, 0.05) is 15.6 Å². The van der Waals surface area contributed by atoms with Crippen molar-refractivity contribution in [2.24, 2.45) is 5.10 Å². The number of methoxy groups -OCH3 is 2. The van der Waals surface area contributed by atoms with Crippen LogP contribution in [0.4, 0.5) is 0 Å². The lowest BCUT2D eigenvalue weighted by atomic mass is 9.96. The van der Waals surface area contributed by atoms with Crippen molar-refractivity contribution in [2.75, 3.05) is 14.2 Å². The molecular weight excluding hydrogens is 658 g/mol. The SMILES string of the molecule is COc1cc(C)c(-c2nc3ccccc3c(=O)n2N=Cc2cc(OC)c(O[C@H](C)C(=O)O)c(Br)c2Br)cc1C(C)C. The van der Waals surface area contributed by atoms with Crippen molar-refractivity contribution in [3.63, 3.8) is 0 Å². The quantitative estimate of drug-likeness (QED) is 0.193. The van der Waals surface area contributed by atoms with Crippen LogP contribution >= 0.6 is 31.9 Å². The molecule has 0 saturated heterocycles. The number of fused-ring (bicyclic) bond motifs is 1.